The minimum atomic E-state index is 0.194. The number of aliphatic hydroxyl groups excluding tert-OH is 1. The Balaban J connectivity index is 0.000000220. The molecule has 0 aliphatic rings. The first kappa shape index (κ1) is 31.7. The van der Waals surface area contributed by atoms with Crippen LogP contribution in [0.15, 0.2) is 109 Å². The maximum Gasteiger partial charge on any atom is 0.119 e. The molecule has 0 bridgehead atoms. The van der Waals surface area contributed by atoms with E-state index in [0.717, 1.165) is 73.2 Å². The Kier molecular flexibility index (Phi) is 15.9. The molecule has 4 aromatic rings. The highest BCUT2D eigenvalue weighted by atomic mass is 127. The van der Waals surface area contributed by atoms with Crippen molar-refractivity contribution in [2.75, 3.05) is 24.2 Å². The average Bonchev–Trinajstić information content (AvgIpc) is 3.00. The van der Waals surface area contributed by atoms with Crippen LogP contribution in [-0.2, 0) is 25.7 Å². The Morgan fingerprint density at radius 2 is 0.850 bits per heavy atom. The van der Waals surface area contributed by atoms with Crippen molar-refractivity contribution in [1.82, 2.24) is 0 Å². The highest BCUT2D eigenvalue weighted by Crippen LogP contribution is 2.15. The fraction of sp³-hybridized carbons (Fsp3) is 0.333. The van der Waals surface area contributed by atoms with Crippen LogP contribution in [-0.4, -0.2) is 29.4 Å². The van der Waals surface area contributed by atoms with Gasteiger partial charge in [-0.25, -0.2) is 0 Å². The molecule has 212 valence electrons. The third kappa shape index (κ3) is 13.5. The first-order chi connectivity index (χ1) is 19.8. The second-order valence-corrected chi connectivity index (χ2v) is 10.9. The third-order valence-electron chi connectivity index (χ3n) is 6.57. The maximum atomic E-state index is 8.85. The van der Waals surface area contributed by atoms with E-state index in [-0.39, 0.29) is 6.61 Å². The Hall–Kier alpha value is -2.83. The number of aryl methyl sites for hydroxylation is 3. The third-order valence-corrected chi connectivity index (χ3v) is 7.11. The Labute approximate surface area is 254 Å². The van der Waals surface area contributed by atoms with Crippen LogP contribution in [0.3, 0.4) is 0 Å². The Morgan fingerprint density at radius 1 is 0.450 bits per heavy atom. The van der Waals surface area contributed by atoms with Crippen LogP contribution in [0.4, 0.5) is 0 Å². The molecule has 0 unspecified atom stereocenters. The van der Waals surface area contributed by atoms with Gasteiger partial charge in [0, 0.05) is 11.0 Å². The number of alkyl halides is 1. The molecule has 0 spiro atoms. The normalized spacial score (nSPS) is 10.4. The van der Waals surface area contributed by atoms with Gasteiger partial charge in [-0.05, 0) is 97.9 Å². The fourth-order valence-corrected chi connectivity index (χ4v) is 4.90. The largest absolute Gasteiger partial charge is 0.494 e. The van der Waals surface area contributed by atoms with Gasteiger partial charge in [0.05, 0.1) is 13.2 Å². The molecular formula is C36H43IO3. The SMILES string of the molecule is ICCc1ccc(OCCCCc2ccccc2)cc1.OCCc1ccc(OCCCCc2ccccc2)cc1. The van der Waals surface area contributed by atoms with Crippen molar-refractivity contribution in [3.63, 3.8) is 0 Å². The summed E-state index contributed by atoms with van der Waals surface area (Å²) in [4.78, 5) is 0. The van der Waals surface area contributed by atoms with E-state index in [1.165, 1.54) is 23.1 Å². The predicted octanol–water partition coefficient (Wildman–Crippen LogP) is 8.69. The molecular weight excluding hydrogens is 607 g/mol. The minimum absolute atomic E-state index is 0.194. The number of hydrogen-bond acceptors (Lipinski definition) is 3. The summed E-state index contributed by atoms with van der Waals surface area (Å²) in [6.07, 6.45) is 8.58. The van der Waals surface area contributed by atoms with Crippen molar-refractivity contribution in [1.29, 1.82) is 0 Å². The molecule has 0 aliphatic carbocycles. The van der Waals surface area contributed by atoms with Crippen molar-refractivity contribution in [2.24, 2.45) is 0 Å². The lowest BCUT2D eigenvalue weighted by atomic mass is 10.1. The second kappa shape index (κ2) is 20.1. The smallest absolute Gasteiger partial charge is 0.119 e. The Morgan fingerprint density at radius 3 is 1.25 bits per heavy atom. The van der Waals surface area contributed by atoms with Gasteiger partial charge >= 0.3 is 0 Å². The molecule has 4 heteroatoms. The lowest BCUT2D eigenvalue weighted by Gasteiger charge is -2.07. The number of ether oxygens (including phenoxy) is 2. The zero-order valence-corrected chi connectivity index (χ0v) is 25.7. The van der Waals surface area contributed by atoms with Gasteiger partial charge in [0.15, 0.2) is 0 Å². The van der Waals surface area contributed by atoms with Crippen LogP contribution in [0.5, 0.6) is 11.5 Å². The van der Waals surface area contributed by atoms with Crippen LogP contribution >= 0.6 is 22.6 Å². The van der Waals surface area contributed by atoms with Crippen molar-refractivity contribution in [3.05, 3.63) is 131 Å². The van der Waals surface area contributed by atoms with Crippen molar-refractivity contribution in [2.45, 2.75) is 51.4 Å². The molecule has 0 aromatic heterocycles. The molecule has 3 nitrogen and oxygen atoms in total. The highest BCUT2D eigenvalue weighted by molar-refractivity contribution is 14.1. The van der Waals surface area contributed by atoms with E-state index in [9.17, 15) is 0 Å². The van der Waals surface area contributed by atoms with E-state index in [0.29, 0.717) is 6.42 Å². The van der Waals surface area contributed by atoms with Gasteiger partial charge in [-0.3, -0.25) is 0 Å². The van der Waals surface area contributed by atoms with Gasteiger partial charge < -0.3 is 14.6 Å². The molecule has 0 aliphatic heterocycles. The summed E-state index contributed by atoms with van der Waals surface area (Å²) in [5.74, 6) is 1.90. The maximum absolute atomic E-state index is 8.85. The van der Waals surface area contributed by atoms with E-state index in [1.54, 1.807) is 0 Å². The van der Waals surface area contributed by atoms with E-state index in [2.05, 4.69) is 101 Å². The van der Waals surface area contributed by atoms with Crippen molar-refractivity contribution in [3.8, 4) is 11.5 Å². The van der Waals surface area contributed by atoms with Crippen LogP contribution in [0.1, 0.15) is 47.9 Å². The standard InChI is InChI=1S/C18H21IO.C18H22O2/c2*19-14-13-17-9-11-18(12-10-17)20-15-5-4-8-16-6-2-1-3-7-16/h1-3,6-7,9-12H,4-5,8,13-15H2;1-3,6-7,9-12,19H,4-5,8,13-15H2. The molecule has 0 saturated carbocycles. The molecule has 0 amide bonds. The molecule has 4 aromatic carbocycles. The molecule has 0 fully saturated rings. The molecule has 0 heterocycles. The number of rotatable bonds is 16. The van der Waals surface area contributed by atoms with Crippen LogP contribution < -0.4 is 9.47 Å². The number of hydrogen-bond donors (Lipinski definition) is 1. The number of unbranched alkanes of at least 4 members (excludes halogenated alkanes) is 2. The summed E-state index contributed by atoms with van der Waals surface area (Å²) in [5, 5.41) is 8.85. The number of halogens is 1. The van der Waals surface area contributed by atoms with E-state index in [1.807, 2.05) is 30.3 Å². The summed E-state index contributed by atoms with van der Waals surface area (Å²) >= 11 is 2.40. The van der Waals surface area contributed by atoms with E-state index < -0.39 is 0 Å². The van der Waals surface area contributed by atoms with Gasteiger partial charge in [-0.2, -0.15) is 0 Å². The molecule has 0 atom stereocenters. The van der Waals surface area contributed by atoms with Crippen molar-refractivity contribution >= 4 is 22.6 Å². The van der Waals surface area contributed by atoms with Gasteiger partial charge in [-0.15, -0.1) is 0 Å². The molecule has 0 radical (unpaired) electrons. The zero-order valence-electron chi connectivity index (χ0n) is 23.5. The summed E-state index contributed by atoms with van der Waals surface area (Å²) < 4.78 is 12.7. The first-order valence-corrected chi connectivity index (χ1v) is 16.0. The average molecular weight is 651 g/mol. The predicted molar refractivity (Wildman–Crippen MR) is 176 cm³/mol. The summed E-state index contributed by atoms with van der Waals surface area (Å²) in [5.41, 5.74) is 5.33. The Bertz CT molecular complexity index is 1050. The topological polar surface area (TPSA) is 38.7 Å². The highest BCUT2D eigenvalue weighted by Gasteiger charge is 1.98. The molecule has 4 rings (SSSR count). The minimum Gasteiger partial charge on any atom is -0.494 e. The lowest BCUT2D eigenvalue weighted by Crippen LogP contribution is -1.98. The number of benzene rings is 4. The zero-order chi connectivity index (χ0) is 28.1. The van der Waals surface area contributed by atoms with Gasteiger partial charge in [-0.1, -0.05) is 108 Å². The van der Waals surface area contributed by atoms with E-state index in [4.69, 9.17) is 14.6 Å². The first-order valence-electron chi connectivity index (χ1n) is 14.4. The monoisotopic (exact) mass is 650 g/mol. The van der Waals surface area contributed by atoms with Gasteiger partial charge in [0.25, 0.3) is 0 Å². The van der Waals surface area contributed by atoms with Crippen LogP contribution in [0.25, 0.3) is 0 Å². The lowest BCUT2D eigenvalue weighted by molar-refractivity contribution is 0.298. The quantitative estimate of drug-likeness (QED) is 0.0750. The second-order valence-electron chi connectivity index (χ2n) is 9.78. The molecule has 40 heavy (non-hydrogen) atoms. The van der Waals surface area contributed by atoms with Gasteiger partial charge in [0.2, 0.25) is 0 Å². The van der Waals surface area contributed by atoms with Crippen LogP contribution in [0, 0.1) is 0 Å². The molecule has 1 N–H and O–H groups in total. The summed E-state index contributed by atoms with van der Waals surface area (Å²) in [6.45, 7) is 1.75. The number of aliphatic hydroxyl groups is 1. The summed E-state index contributed by atoms with van der Waals surface area (Å²) in [6, 6.07) is 37.6. The fourth-order valence-electron chi connectivity index (χ4n) is 4.27. The van der Waals surface area contributed by atoms with Gasteiger partial charge in [0.1, 0.15) is 11.5 Å². The van der Waals surface area contributed by atoms with Crippen molar-refractivity contribution < 1.29 is 14.6 Å². The van der Waals surface area contributed by atoms with Crippen LogP contribution in [0.2, 0.25) is 0 Å². The van der Waals surface area contributed by atoms with E-state index >= 15 is 0 Å². The summed E-state index contributed by atoms with van der Waals surface area (Å²) in [7, 11) is 0. The molecule has 0 saturated heterocycles.